The van der Waals surface area contributed by atoms with Crippen LogP contribution >= 0.6 is 0 Å². The largest absolute Gasteiger partial charge is 0.337 e. The number of hydrogen-bond donors (Lipinski definition) is 1. The normalized spacial score (nSPS) is 23.9. The number of unbranched alkanes of at least 4 members (excludes halogenated alkanes) is 1. The van der Waals surface area contributed by atoms with E-state index < -0.39 is 0 Å². The van der Waals surface area contributed by atoms with Crippen molar-refractivity contribution in [2.24, 2.45) is 5.41 Å². The number of rotatable bonds is 3. The third-order valence-corrected chi connectivity index (χ3v) is 3.57. The Hall–Kier alpha value is -1.06. The summed E-state index contributed by atoms with van der Waals surface area (Å²) in [5.74, 6) is 0.0611. The van der Waals surface area contributed by atoms with Crippen molar-refractivity contribution >= 4 is 11.9 Å². The molecular formula is C11H18N2O2. The zero-order valence-electron chi connectivity index (χ0n) is 9.21. The molecule has 1 aliphatic carbocycles. The van der Waals surface area contributed by atoms with Crippen LogP contribution in [0, 0.1) is 5.41 Å². The van der Waals surface area contributed by atoms with Crippen molar-refractivity contribution in [2.75, 3.05) is 13.1 Å². The molecule has 1 saturated carbocycles. The molecule has 0 atom stereocenters. The molecule has 0 aromatic carbocycles. The van der Waals surface area contributed by atoms with Crippen LogP contribution in [0.5, 0.6) is 0 Å². The molecule has 0 aromatic heterocycles. The predicted molar refractivity (Wildman–Crippen MR) is 56.3 cm³/mol. The number of amides is 3. The van der Waals surface area contributed by atoms with E-state index in [1.165, 1.54) is 4.90 Å². The van der Waals surface area contributed by atoms with E-state index in [-0.39, 0.29) is 17.4 Å². The Labute approximate surface area is 90.0 Å². The second-order valence-electron chi connectivity index (χ2n) is 4.60. The summed E-state index contributed by atoms with van der Waals surface area (Å²) in [5, 5.41) is 2.83. The van der Waals surface area contributed by atoms with Gasteiger partial charge in [0.25, 0.3) is 0 Å². The van der Waals surface area contributed by atoms with Crippen LogP contribution in [0.1, 0.15) is 39.0 Å². The molecule has 2 rings (SSSR count). The topological polar surface area (TPSA) is 49.4 Å². The lowest BCUT2D eigenvalue weighted by molar-refractivity contribution is -0.146. The molecule has 0 radical (unpaired) electrons. The van der Waals surface area contributed by atoms with Crippen molar-refractivity contribution in [3.63, 3.8) is 0 Å². The Kier molecular flexibility index (Phi) is 2.67. The van der Waals surface area contributed by atoms with Crippen LogP contribution in [-0.2, 0) is 4.79 Å². The summed E-state index contributed by atoms with van der Waals surface area (Å²) >= 11 is 0. The van der Waals surface area contributed by atoms with Gasteiger partial charge in [-0.25, -0.2) is 4.79 Å². The molecule has 0 aromatic rings. The van der Waals surface area contributed by atoms with Crippen molar-refractivity contribution in [1.82, 2.24) is 10.2 Å². The Morgan fingerprint density at radius 3 is 2.67 bits per heavy atom. The molecule has 3 amide bonds. The molecule has 2 fully saturated rings. The zero-order chi connectivity index (χ0) is 10.9. The molecule has 1 spiro atoms. The SMILES string of the molecule is CCCCN1C(=O)NCC2(CCC2)C1=O. The molecular weight excluding hydrogens is 192 g/mol. The standard InChI is InChI=1S/C11H18N2O2/c1-2-3-7-13-9(14)11(5-4-6-11)8-12-10(13)15/h2-8H2,1H3,(H,12,15). The summed E-state index contributed by atoms with van der Waals surface area (Å²) in [5.41, 5.74) is -0.234. The van der Waals surface area contributed by atoms with E-state index in [9.17, 15) is 9.59 Å². The van der Waals surface area contributed by atoms with Gasteiger partial charge in [-0.15, -0.1) is 0 Å². The van der Waals surface area contributed by atoms with Gasteiger partial charge in [0.05, 0.1) is 5.41 Å². The number of nitrogens with zero attached hydrogens (tertiary/aromatic N) is 1. The highest BCUT2D eigenvalue weighted by atomic mass is 16.2. The Morgan fingerprint density at radius 1 is 1.40 bits per heavy atom. The molecule has 1 saturated heterocycles. The Bertz CT molecular complexity index is 284. The minimum Gasteiger partial charge on any atom is -0.337 e. The van der Waals surface area contributed by atoms with Crippen LogP contribution in [-0.4, -0.2) is 29.9 Å². The van der Waals surface area contributed by atoms with E-state index in [1.54, 1.807) is 0 Å². The highest BCUT2D eigenvalue weighted by Crippen LogP contribution is 2.43. The van der Waals surface area contributed by atoms with Gasteiger partial charge in [-0.05, 0) is 19.3 Å². The van der Waals surface area contributed by atoms with Crippen LogP contribution in [0.25, 0.3) is 0 Å². The quantitative estimate of drug-likeness (QED) is 0.767. The van der Waals surface area contributed by atoms with Crippen molar-refractivity contribution in [3.8, 4) is 0 Å². The first-order valence-electron chi connectivity index (χ1n) is 5.79. The molecule has 15 heavy (non-hydrogen) atoms. The smallest absolute Gasteiger partial charge is 0.324 e. The first-order chi connectivity index (χ1) is 7.19. The second-order valence-corrected chi connectivity index (χ2v) is 4.60. The van der Waals surface area contributed by atoms with E-state index in [0.29, 0.717) is 13.1 Å². The van der Waals surface area contributed by atoms with Gasteiger partial charge in [0, 0.05) is 13.1 Å². The molecule has 1 heterocycles. The van der Waals surface area contributed by atoms with Crippen LogP contribution in [0.2, 0.25) is 0 Å². The summed E-state index contributed by atoms with van der Waals surface area (Å²) in [6.45, 7) is 3.18. The fourth-order valence-electron chi connectivity index (χ4n) is 2.31. The van der Waals surface area contributed by atoms with E-state index in [1.807, 2.05) is 0 Å². The van der Waals surface area contributed by atoms with E-state index in [4.69, 9.17) is 0 Å². The first-order valence-corrected chi connectivity index (χ1v) is 5.79. The third-order valence-electron chi connectivity index (χ3n) is 3.57. The lowest BCUT2D eigenvalue weighted by atomic mass is 9.67. The van der Waals surface area contributed by atoms with E-state index >= 15 is 0 Å². The Balaban J connectivity index is 2.06. The van der Waals surface area contributed by atoms with Gasteiger partial charge in [0.1, 0.15) is 0 Å². The van der Waals surface area contributed by atoms with Gasteiger partial charge in [-0.2, -0.15) is 0 Å². The van der Waals surface area contributed by atoms with Crippen molar-refractivity contribution in [1.29, 1.82) is 0 Å². The average molecular weight is 210 g/mol. The molecule has 1 N–H and O–H groups in total. The number of nitrogens with one attached hydrogen (secondary N) is 1. The summed E-state index contributed by atoms with van der Waals surface area (Å²) in [7, 11) is 0. The maximum absolute atomic E-state index is 12.1. The summed E-state index contributed by atoms with van der Waals surface area (Å²) in [4.78, 5) is 25.1. The van der Waals surface area contributed by atoms with Crippen molar-refractivity contribution in [2.45, 2.75) is 39.0 Å². The average Bonchev–Trinajstić information content (AvgIpc) is 2.15. The van der Waals surface area contributed by atoms with Crippen LogP contribution in [0.15, 0.2) is 0 Å². The maximum atomic E-state index is 12.1. The fourth-order valence-corrected chi connectivity index (χ4v) is 2.31. The van der Waals surface area contributed by atoms with Gasteiger partial charge in [-0.3, -0.25) is 9.69 Å². The van der Waals surface area contributed by atoms with Crippen LogP contribution in [0.4, 0.5) is 4.79 Å². The predicted octanol–water partition coefficient (Wildman–Crippen LogP) is 1.51. The minimum absolute atomic E-state index is 0.0611. The monoisotopic (exact) mass is 210 g/mol. The number of imide groups is 1. The minimum atomic E-state index is -0.234. The molecule has 2 aliphatic rings. The van der Waals surface area contributed by atoms with Gasteiger partial charge in [0.2, 0.25) is 5.91 Å². The van der Waals surface area contributed by atoms with Crippen LogP contribution in [0.3, 0.4) is 0 Å². The molecule has 1 aliphatic heterocycles. The Morgan fingerprint density at radius 2 is 2.13 bits per heavy atom. The molecule has 0 bridgehead atoms. The second kappa shape index (κ2) is 3.83. The highest BCUT2D eigenvalue weighted by molar-refractivity contribution is 6.00. The molecule has 4 heteroatoms. The molecule has 84 valence electrons. The summed E-state index contributed by atoms with van der Waals surface area (Å²) in [6.07, 6.45) is 4.89. The maximum Gasteiger partial charge on any atom is 0.324 e. The zero-order valence-corrected chi connectivity index (χ0v) is 9.21. The van der Waals surface area contributed by atoms with E-state index in [2.05, 4.69) is 12.2 Å². The number of hydrogen-bond acceptors (Lipinski definition) is 2. The summed E-state index contributed by atoms with van der Waals surface area (Å²) in [6, 6.07) is -0.203. The molecule has 0 unspecified atom stereocenters. The lowest BCUT2D eigenvalue weighted by Gasteiger charge is -2.46. The van der Waals surface area contributed by atoms with Gasteiger partial charge < -0.3 is 5.32 Å². The van der Waals surface area contributed by atoms with Gasteiger partial charge >= 0.3 is 6.03 Å². The fraction of sp³-hybridized carbons (Fsp3) is 0.818. The first kappa shape index (κ1) is 10.5. The highest BCUT2D eigenvalue weighted by Gasteiger charge is 2.50. The van der Waals surface area contributed by atoms with Crippen molar-refractivity contribution in [3.05, 3.63) is 0 Å². The van der Waals surface area contributed by atoms with Gasteiger partial charge in [-0.1, -0.05) is 19.8 Å². The van der Waals surface area contributed by atoms with Crippen LogP contribution < -0.4 is 5.32 Å². The van der Waals surface area contributed by atoms with Gasteiger partial charge in [0.15, 0.2) is 0 Å². The summed E-state index contributed by atoms with van der Waals surface area (Å²) < 4.78 is 0. The molecule has 4 nitrogen and oxygen atoms in total. The third kappa shape index (κ3) is 1.62. The van der Waals surface area contributed by atoms with E-state index in [0.717, 1.165) is 32.1 Å². The number of carbonyl (C=O) groups excluding carboxylic acids is 2. The lowest BCUT2D eigenvalue weighted by Crippen LogP contribution is -2.63. The van der Waals surface area contributed by atoms with Crippen molar-refractivity contribution < 1.29 is 9.59 Å². The number of urea groups is 1. The number of carbonyl (C=O) groups is 2.